The van der Waals surface area contributed by atoms with Gasteiger partial charge in [-0.2, -0.15) is 0 Å². The summed E-state index contributed by atoms with van der Waals surface area (Å²) in [4.78, 5) is 0. The van der Waals surface area contributed by atoms with Gasteiger partial charge in [-0.1, -0.05) is 59.8 Å². The number of hydrogen-bond donors (Lipinski definition) is 2. The van der Waals surface area contributed by atoms with Gasteiger partial charge in [0.25, 0.3) is 0 Å². The number of allylic oxidation sites excluding steroid dienone is 1. The lowest BCUT2D eigenvalue weighted by Gasteiger charge is -2.22. The number of hydrogen-bond acceptors (Lipinski definition) is 2. The largest absolute Gasteiger partial charge is 0.508 e. The minimum Gasteiger partial charge on any atom is -0.508 e. The molecule has 2 rings (SSSR count). The van der Waals surface area contributed by atoms with Crippen LogP contribution in [0.15, 0.2) is 36.4 Å². The molecular formula is C23H30O2. The van der Waals surface area contributed by atoms with E-state index in [1.807, 2.05) is 18.2 Å². The molecule has 0 aliphatic heterocycles. The van der Waals surface area contributed by atoms with E-state index in [1.54, 1.807) is 12.1 Å². The van der Waals surface area contributed by atoms with Crippen LogP contribution < -0.4 is 0 Å². The van der Waals surface area contributed by atoms with E-state index in [1.165, 1.54) is 0 Å². The van der Waals surface area contributed by atoms with Gasteiger partial charge in [-0.05, 0) is 69.8 Å². The molecule has 134 valence electrons. The molecule has 0 saturated carbocycles. The van der Waals surface area contributed by atoms with Gasteiger partial charge >= 0.3 is 0 Å². The van der Waals surface area contributed by atoms with Gasteiger partial charge < -0.3 is 10.2 Å². The van der Waals surface area contributed by atoms with Crippen LogP contribution in [0.4, 0.5) is 0 Å². The van der Waals surface area contributed by atoms with Gasteiger partial charge in [0.1, 0.15) is 11.5 Å². The molecule has 0 aromatic heterocycles. The van der Waals surface area contributed by atoms with E-state index in [0.29, 0.717) is 11.5 Å². The third-order valence-electron chi connectivity index (χ3n) is 4.47. The molecule has 0 saturated heterocycles. The molecule has 0 spiro atoms. The van der Waals surface area contributed by atoms with E-state index in [-0.39, 0.29) is 10.8 Å². The molecule has 0 atom stereocenters. The van der Waals surface area contributed by atoms with Crippen LogP contribution in [0.2, 0.25) is 0 Å². The lowest BCUT2D eigenvalue weighted by Crippen LogP contribution is -2.11. The highest BCUT2D eigenvalue weighted by Crippen LogP contribution is 2.34. The van der Waals surface area contributed by atoms with E-state index in [2.05, 4.69) is 60.6 Å². The molecule has 2 nitrogen and oxygen atoms in total. The number of aromatic hydroxyl groups is 2. The van der Waals surface area contributed by atoms with E-state index < -0.39 is 0 Å². The van der Waals surface area contributed by atoms with Crippen LogP contribution in [0.5, 0.6) is 11.5 Å². The molecular weight excluding hydrogens is 308 g/mol. The maximum atomic E-state index is 10.2. The fourth-order valence-electron chi connectivity index (χ4n) is 2.96. The Balaban J connectivity index is 2.46. The first-order valence-corrected chi connectivity index (χ1v) is 8.75. The Hall–Kier alpha value is -2.22. The quantitative estimate of drug-likeness (QED) is 0.635. The molecule has 0 heterocycles. The van der Waals surface area contributed by atoms with Gasteiger partial charge in [0.2, 0.25) is 0 Å². The first kappa shape index (κ1) is 19.1. The number of phenolic OH excluding ortho intramolecular Hbond substituents is 2. The van der Waals surface area contributed by atoms with Crippen molar-refractivity contribution in [3.05, 3.63) is 58.7 Å². The average molecular weight is 338 g/mol. The van der Waals surface area contributed by atoms with Gasteiger partial charge in [0.15, 0.2) is 0 Å². The number of phenols is 2. The van der Waals surface area contributed by atoms with Gasteiger partial charge in [-0.15, -0.1) is 0 Å². The van der Waals surface area contributed by atoms with Crippen molar-refractivity contribution >= 4 is 11.6 Å². The first-order chi connectivity index (χ1) is 11.4. The molecule has 2 N–H and O–H groups in total. The molecule has 2 aromatic carbocycles. The molecule has 0 bridgehead atoms. The van der Waals surface area contributed by atoms with Crippen molar-refractivity contribution in [2.24, 2.45) is 0 Å². The second-order valence-corrected chi connectivity index (χ2v) is 8.84. The summed E-state index contributed by atoms with van der Waals surface area (Å²) in [5.74, 6) is 0.672. The highest BCUT2D eigenvalue weighted by Gasteiger charge is 2.19. The molecule has 2 heteroatoms. The lowest BCUT2D eigenvalue weighted by molar-refractivity contribution is 0.446. The Labute approximate surface area is 151 Å². The standard InChI is InChI=1S/C23H30O2/c1-15(17-9-11-21(25)19(14-17)23(5,6)7)12-16-8-10-20(24)18(13-16)22(2,3)4/h8-14,24-25H,1-7H3. The smallest absolute Gasteiger partial charge is 0.119 e. The van der Waals surface area contributed by atoms with E-state index in [4.69, 9.17) is 0 Å². The summed E-state index contributed by atoms with van der Waals surface area (Å²) in [5, 5.41) is 20.3. The Kier molecular flexibility index (Phi) is 5.04. The highest BCUT2D eigenvalue weighted by atomic mass is 16.3. The normalized spacial score (nSPS) is 13.2. The van der Waals surface area contributed by atoms with Crippen LogP contribution in [0.1, 0.15) is 70.7 Å². The summed E-state index contributed by atoms with van der Waals surface area (Å²) < 4.78 is 0. The summed E-state index contributed by atoms with van der Waals surface area (Å²) in [7, 11) is 0. The van der Waals surface area contributed by atoms with E-state index in [9.17, 15) is 10.2 Å². The zero-order chi connectivity index (χ0) is 19.0. The number of rotatable bonds is 2. The van der Waals surface area contributed by atoms with Gasteiger partial charge in [0, 0.05) is 0 Å². The summed E-state index contributed by atoms with van der Waals surface area (Å²) in [6, 6.07) is 11.5. The maximum Gasteiger partial charge on any atom is 0.119 e. The molecule has 0 amide bonds. The van der Waals surface area contributed by atoms with Crippen molar-refractivity contribution in [1.82, 2.24) is 0 Å². The van der Waals surface area contributed by atoms with Gasteiger partial charge in [-0.25, -0.2) is 0 Å². The van der Waals surface area contributed by atoms with Crippen molar-refractivity contribution < 1.29 is 10.2 Å². The third-order valence-corrected chi connectivity index (χ3v) is 4.47. The molecule has 0 unspecified atom stereocenters. The van der Waals surface area contributed by atoms with E-state index >= 15 is 0 Å². The van der Waals surface area contributed by atoms with Crippen molar-refractivity contribution in [2.75, 3.05) is 0 Å². The van der Waals surface area contributed by atoms with Gasteiger partial charge in [-0.3, -0.25) is 0 Å². The number of benzene rings is 2. The van der Waals surface area contributed by atoms with Crippen molar-refractivity contribution in [1.29, 1.82) is 0 Å². The van der Waals surface area contributed by atoms with Crippen LogP contribution in [-0.4, -0.2) is 10.2 Å². The topological polar surface area (TPSA) is 40.5 Å². The van der Waals surface area contributed by atoms with Crippen LogP contribution in [0.25, 0.3) is 11.6 Å². The fourth-order valence-corrected chi connectivity index (χ4v) is 2.96. The minimum absolute atomic E-state index is 0.111. The zero-order valence-corrected chi connectivity index (χ0v) is 16.4. The maximum absolute atomic E-state index is 10.2. The third kappa shape index (κ3) is 4.45. The SMILES string of the molecule is CC(=Cc1ccc(O)c(C(C)(C)C)c1)c1ccc(O)c(C(C)(C)C)c1. The van der Waals surface area contributed by atoms with Crippen LogP contribution in [-0.2, 0) is 10.8 Å². The van der Waals surface area contributed by atoms with E-state index in [0.717, 1.165) is 27.8 Å². The fraction of sp³-hybridized carbons (Fsp3) is 0.391. The second-order valence-electron chi connectivity index (χ2n) is 8.84. The van der Waals surface area contributed by atoms with Crippen LogP contribution in [0, 0.1) is 0 Å². The molecule has 0 aliphatic rings. The minimum atomic E-state index is -0.113. The first-order valence-electron chi connectivity index (χ1n) is 8.75. The summed E-state index contributed by atoms with van der Waals surface area (Å²) in [6.07, 6.45) is 2.12. The Morgan fingerprint density at radius 2 is 1.24 bits per heavy atom. The zero-order valence-electron chi connectivity index (χ0n) is 16.4. The lowest BCUT2D eigenvalue weighted by atomic mass is 9.84. The van der Waals surface area contributed by atoms with Crippen molar-refractivity contribution in [3.8, 4) is 11.5 Å². The van der Waals surface area contributed by atoms with Crippen molar-refractivity contribution in [2.45, 2.75) is 59.3 Å². The molecule has 0 radical (unpaired) electrons. The second kappa shape index (κ2) is 6.59. The average Bonchev–Trinajstić information content (AvgIpc) is 2.47. The summed E-state index contributed by atoms with van der Waals surface area (Å²) in [5.41, 5.74) is 4.93. The predicted octanol–water partition coefficient (Wildman–Crippen LogP) is 6.25. The monoisotopic (exact) mass is 338 g/mol. The molecule has 0 fully saturated rings. The Morgan fingerprint density at radius 3 is 1.76 bits per heavy atom. The van der Waals surface area contributed by atoms with Crippen molar-refractivity contribution in [3.63, 3.8) is 0 Å². The predicted molar refractivity (Wildman–Crippen MR) is 107 cm³/mol. The van der Waals surface area contributed by atoms with Gasteiger partial charge in [0.05, 0.1) is 0 Å². The Morgan fingerprint density at radius 1 is 0.760 bits per heavy atom. The summed E-state index contributed by atoms with van der Waals surface area (Å²) in [6.45, 7) is 14.7. The Bertz CT molecular complexity index is 800. The highest BCUT2D eigenvalue weighted by molar-refractivity contribution is 5.81. The summed E-state index contributed by atoms with van der Waals surface area (Å²) >= 11 is 0. The molecule has 2 aromatic rings. The molecule has 0 aliphatic carbocycles. The molecule has 25 heavy (non-hydrogen) atoms. The van der Waals surface area contributed by atoms with Crippen LogP contribution >= 0.6 is 0 Å². The van der Waals surface area contributed by atoms with Crippen LogP contribution in [0.3, 0.4) is 0 Å².